The van der Waals surface area contributed by atoms with Crippen molar-refractivity contribution < 1.29 is 4.74 Å². The van der Waals surface area contributed by atoms with Crippen LogP contribution in [0.3, 0.4) is 0 Å². The van der Waals surface area contributed by atoms with Crippen molar-refractivity contribution in [3.8, 4) is 0 Å². The van der Waals surface area contributed by atoms with Gasteiger partial charge in [-0.15, -0.1) is 0 Å². The molecule has 0 amide bonds. The fourth-order valence-corrected chi connectivity index (χ4v) is 2.85. The summed E-state index contributed by atoms with van der Waals surface area (Å²) >= 11 is 0. The number of rotatable bonds is 0. The summed E-state index contributed by atoms with van der Waals surface area (Å²) in [5, 5.41) is 0. The highest BCUT2D eigenvalue weighted by Crippen LogP contribution is 2.31. The second-order valence-corrected chi connectivity index (χ2v) is 5.67. The number of epoxide rings is 1. The number of allylic oxidation sites excluding steroid dienone is 2. The van der Waals surface area contributed by atoms with Gasteiger partial charge in [0.05, 0.1) is 12.2 Å². The Morgan fingerprint density at radius 1 is 0.588 bits per heavy atom. The molecule has 0 aromatic heterocycles. The summed E-state index contributed by atoms with van der Waals surface area (Å²) in [5.41, 5.74) is 0. The molecule has 0 aromatic carbocycles. The van der Waals surface area contributed by atoms with E-state index in [9.17, 15) is 0 Å². The number of hydrogen-bond acceptors (Lipinski definition) is 1. The molecule has 17 heavy (non-hydrogen) atoms. The van der Waals surface area contributed by atoms with Crippen LogP contribution in [0.4, 0.5) is 0 Å². The van der Waals surface area contributed by atoms with E-state index in [-0.39, 0.29) is 0 Å². The van der Waals surface area contributed by atoms with Gasteiger partial charge < -0.3 is 4.74 Å². The molecule has 1 fully saturated rings. The zero-order valence-corrected chi connectivity index (χ0v) is 11.2. The van der Waals surface area contributed by atoms with Gasteiger partial charge in [0.1, 0.15) is 0 Å². The third-order valence-corrected chi connectivity index (χ3v) is 4.07. The standard InChI is InChI=1S/C16H28O/c1-2-4-6-8-10-12-14-16-15(17-16)13-11-9-7-5-3-1/h1-2,15-16H,3-14H2/b2-1-/t15-,16+. The van der Waals surface area contributed by atoms with E-state index in [1.807, 2.05) is 0 Å². The van der Waals surface area contributed by atoms with Crippen LogP contribution in [0.15, 0.2) is 12.2 Å². The van der Waals surface area contributed by atoms with Gasteiger partial charge in [-0.2, -0.15) is 0 Å². The normalized spacial score (nSPS) is 34.8. The average Bonchev–Trinajstić information content (AvgIpc) is 3.07. The second-order valence-electron chi connectivity index (χ2n) is 5.67. The Morgan fingerprint density at radius 3 is 1.59 bits per heavy atom. The smallest absolute Gasteiger partial charge is 0.0841 e. The quantitative estimate of drug-likeness (QED) is 0.425. The maximum atomic E-state index is 5.73. The molecule has 0 saturated carbocycles. The van der Waals surface area contributed by atoms with Crippen LogP contribution in [-0.2, 0) is 4.74 Å². The van der Waals surface area contributed by atoms with Crippen molar-refractivity contribution >= 4 is 0 Å². The molecule has 1 aliphatic carbocycles. The minimum atomic E-state index is 0.641. The molecule has 1 heteroatoms. The Hall–Kier alpha value is -0.300. The van der Waals surface area contributed by atoms with Crippen molar-refractivity contribution in [3.63, 3.8) is 0 Å². The van der Waals surface area contributed by atoms with Crippen molar-refractivity contribution in [1.29, 1.82) is 0 Å². The van der Waals surface area contributed by atoms with Gasteiger partial charge in [-0.3, -0.25) is 0 Å². The Morgan fingerprint density at radius 2 is 1.06 bits per heavy atom. The molecule has 0 radical (unpaired) electrons. The highest BCUT2D eigenvalue weighted by Gasteiger charge is 2.36. The molecule has 0 aromatic rings. The topological polar surface area (TPSA) is 12.5 Å². The third kappa shape index (κ3) is 5.72. The first-order valence-corrected chi connectivity index (χ1v) is 7.77. The van der Waals surface area contributed by atoms with E-state index in [0.717, 1.165) is 0 Å². The minimum Gasteiger partial charge on any atom is -0.370 e. The second kappa shape index (κ2) is 7.92. The first-order valence-electron chi connectivity index (χ1n) is 7.77. The molecule has 0 spiro atoms. The first kappa shape index (κ1) is 13.1. The highest BCUT2D eigenvalue weighted by atomic mass is 16.6. The molecular formula is C16H28O. The van der Waals surface area contributed by atoms with Crippen LogP contribution in [0.2, 0.25) is 0 Å². The SMILES string of the molecule is C1=C\CCCCCC[C@H]2O[C@H]2CCCCCC/1. The number of fused-ring (bicyclic) bond motifs is 1. The summed E-state index contributed by atoms with van der Waals surface area (Å²) in [7, 11) is 0. The van der Waals surface area contributed by atoms with Crippen molar-refractivity contribution in [3.05, 3.63) is 12.2 Å². The van der Waals surface area contributed by atoms with Gasteiger partial charge in [-0.05, 0) is 38.5 Å². The van der Waals surface area contributed by atoms with E-state index in [0.29, 0.717) is 12.2 Å². The van der Waals surface area contributed by atoms with Crippen molar-refractivity contribution in [1.82, 2.24) is 0 Å². The van der Waals surface area contributed by atoms with E-state index in [1.54, 1.807) is 0 Å². The molecule has 2 atom stereocenters. The van der Waals surface area contributed by atoms with E-state index >= 15 is 0 Å². The monoisotopic (exact) mass is 236 g/mol. The predicted octanol–water partition coefficient (Wildman–Crippen LogP) is 5.00. The fraction of sp³-hybridized carbons (Fsp3) is 0.875. The van der Waals surface area contributed by atoms with E-state index in [1.165, 1.54) is 77.0 Å². The number of ether oxygens (including phenoxy) is 1. The van der Waals surface area contributed by atoms with E-state index < -0.39 is 0 Å². The Balaban J connectivity index is 1.63. The molecule has 98 valence electrons. The summed E-state index contributed by atoms with van der Waals surface area (Å²) < 4.78 is 5.73. The summed E-state index contributed by atoms with van der Waals surface area (Å²) in [6.07, 6.45) is 22.4. The maximum absolute atomic E-state index is 5.73. The van der Waals surface area contributed by atoms with E-state index in [2.05, 4.69) is 12.2 Å². The lowest BCUT2D eigenvalue weighted by Gasteiger charge is -2.01. The molecule has 0 N–H and O–H groups in total. The predicted molar refractivity (Wildman–Crippen MR) is 73.2 cm³/mol. The van der Waals surface area contributed by atoms with E-state index in [4.69, 9.17) is 4.74 Å². The van der Waals surface area contributed by atoms with Crippen LogP contribution >= 0.6 is 0 Å². The van der Waals surface area contributed by atoms with Gasteiger partial charge in [0.25, 0.3) is 0 Å². The van der Waals surface area contributed by atoms with Gasteiger partial charge in [0.2, 0.25) is 0 Å². The average molecular weight is 236 g/mol. The Kier molecular flexibility index (Phi) is 6.12. The summed E-state index contributed by atoms with van der Waals surface area (Å²) in [5.74, 6) is 0. The van der Waals surface area contributed by atoms with Crippen LogP contribution in [0.25, 0.3) is 0 Å². The van der Waals surface area contributed by atoms with Crippen LogP contribution in [0, 0.1) is 0 Å². The Bertz CT molecular complexity index is 200. The largest absolute Gasteiger partial charge is 0.370 e. The van der Waals surface area contributed by atoms with Gasteiger partial charge >= 0.3 is 0 Å². The lowest BCUT2D eigenvalue weighted by molar-refractivity contribution is 0.348. The highest BCUT2D eigenvalue weighted by molar-refractivity contribution is 4.85. The van der Waals surface area contributed by atoms with Crippen LogP contribution in [0.1, 0.15) is 77.0 Å². The van der Waals surface area contributed by atoms with Gasteiger partial charge in [0, 0.05) is 0 Å². The Labute approximate surface area is 107 Å². The molecule has 1 saturated heterocycles. The van der Waals surface area contributed by atoms with Crippen molar-refractivity contribution in [2.45, 2.75) is 89.3 Å². The minimum absolute atomic E-state index is 0.641. The molecule has 1 nitrogen and oxygen atoms in total. The van der Waals surface area contributed by atoms with Crippen molar-refractivity contribution in [2.75, 3.05) is 0 Å². The summed E-state index contributed by atoms with van der Waals surface area (Å²) in [6.45, 7) is 0. The van der Waals surface area contributed by atoms with Gasteiger partial charge in [-0.25, -0.2) is 0 Å². The maximum Gasteiger partial charge on any atom is 0.0841 e. The molecule has 2 rings (SSSR count). The molecule has 0 unspecified atom stereocenters. The lowest BCUT2D eigenvalue weighted by Crippen LogP contribution is -1.95. The van der Waals surface area contributed by atoms with Gasteiger partial charge in [0.15, 0.2) is 0 Å². The zero-order valence-electron chi connectivity index (χ0n) is 11.2. The van der Waals surface area contributed by atoms with Crippen LogP contribution in [0.5, 0.6) is 0 Å². The zero-order chi connectivity index (χ0) is 11.8. The van der Waals surface area contributed by atoms with Gasteiger partial charge in [-0.1, -0.05) is 50.7 Å². The summed E-state index contributed by atoms with van der Waals surface area (Å²) in [6, 6.07) is 0. The fourth-order valence-electron chi connectivity index (χ4n) is 2.85. The van der Waals surface area contributed by atoms with Crippen molar-refractivity contribution in [2.24, 2.45) is 0 Å². The first-order chi connectivity index (χ1) is 8.47. The van der Waals surface area contributed by atoms with Crippen LogP contribution in [-0.4, -0.2) is 12.2 Å². The summed E-state index contributed by atoms with van der Waals surface area (Å²) in [4.78, 5) is 0. The lowest BCUT2D eigenvalue weighted by atomic mass is 10.0. The third-order valence-electron chi connectivity index (χ3n) is 4.07. The molecular weight excluding hydrogens is 208 g/mol. The molecule has 2 aliphatic rings. The molecule has 1 heterocycles. The number of hydrogen-bond donors (Lipinski definition) is 0. The molecule has 1 aliphatic heterocycles. The molecule has 0 bridgehead atoms. The van der Waals surface area contributed by atoms with Crippen LogP contribution < -0.4 is 0 Å².